The number of rotatable bonds is 54. The van der Waals surface area contributed by atoms with E-state index < -0.39 is 8.60 Å². The van der Waals surface area contributed by atoms with Crippen LogP contribution in [0.25, 0.3) is 0 Å². The Kier molecular flexibility index (Phi) is 47.2. The van der Waals surface area contributed by atoms with Crippen molar-refractivity contribution in [1.82, 2.24) is 0 Å². The van der Waals surface area contributed by atoms with Crippen molar-refractivity contribution in [3.63, 3.8) is 0 Å². The number of hydrogen-bond acceptors (Lipinski definition) is 3. The van der Waals surface area contributed by atoms with E-state index in [1.165, 1.54) is 270 Å². The molecule has 0 aliphatic rings. The van der Waals surface area contributed by atoms with E-state index in [1.807, 2.05) is 0 Å². The zero-order valence-corrected chi connectivity index (χ0v) is 47.0. The molecule has 0 aromatic carbocycles. The maximum atomic E-state index is 7.95. The largest absolute Gasteiger partial charge is 0.334 e. The van der Waals surface area contributed by atoms with Crippen molar-refractivity contribution in [3.8, 4) is 0 Å². The van der Waals surface area contributed by atoms with E-state index >= 15 is 0 Å². The van der Waals surface area contributed by atoms with Gasteiger partial charge in [-0.25, -0.2) is 0 Å². The molecule has 0 atom stereocenters. The highest BCUT2D eigenvalue weighted by atomic mass is 31.2. The highest BCUT2D eigenvalue weighted by molar-refractivity contribution is 7.41. The summed E-state index contributed by atoms with van der Waals surface area (Å²) in [5, 5.41) is 0. The molecule has 386 valence electrons. The van der Waals surface area contributed by atoms with Gasteiger partial charge in [-0.05, 0) is 57.8 Å². The van der Waals surface area contributed by atoms with Gasteiger partial charge in [0, 0.05) is 0 Å². The van der Waals surface area contributed by atoms with Crippen LogP contribution in [0, 0.1) is 0 Å². The van der Waals surface area contributed by atoms with E-state index in [2.05, 4.69) is 62.3 Å². The van der Waals surface area contributed by atoms with Crippen molar-refractivity contribution in [2.45, 2.75) is 387 Å². The first kappa shape index (κ1) is 64.3. The SMILES string of the molecule is CCCCCCCCCCCC(CCCC)(CCCC)OP(OC(CCCC)(CCCC)CCCCCCCCCCC)OC(CCCC)(CCCC)CCCCCCCCCCC. The third-order valence-corrected chi connectivity index (χ3v) is 16.5. The Hall–Kier alpha value is 0.310. The molecule has 0 aliphatic heterocycles. The fourth-order valence-corrected chi connectivity index (χ4v) is 12.2. The van der Waals surface area contributed by atoms with Gasteiger partial charge in [-0.1, -0.05) is 313 Å². The fraction of sp³-hybridized carbons (Fsp3) is 1.00. The van der Waals surface area contributed by atoms with Gasteiger partial charge in [-0.15, -0.1) is 0 Å². The highest BCUT2D eigenvalue weighted by Crippen LogP contribution is 2.58. The number of hydrogen-bond donors (Lipinski definition) is 0. The molecular formula is C60H123O3P. The molecule has 0 aromatic rings. The van der Waals surface area contributed by atoms with E-state index in [4.69, 9.17) is 13.6 Å². The Morgan fingerprint density at radius 3 is 0.500 bits per heavy atom. The summed E-state index contributed by atoms with van der Waals surface area (Å²) in [5.74, 6) is 0. The van der Waals surface area contributed by atoms with Crippen molar-refractivity contribution in [2.75, 3.05) is 0 Å². The molecule has 0 unspecified atom stereocenters. The quantitative estimate of drug-likeness (QED) is 0.0449. The Bertz CT molecular complexity index is 769. The standard InChI is InChI=1S/C60H123O3P/c1-10-19-28-31-34-37-40-43-46-55-58(49-22-13-4,50-23-14-5)61-64(62-59(51-24-15-6,52-25-16-7)56-47-44-41-38-35-32-29-20-11-2)63-60(53-26-17-8,54-27-18-9)57-48-45-42-39-36-33-30-21-12-3/h10-57H2,1-9H3. The molecule has 64 heavy (non-hydrogen) atoms. The van der Waals surface area contributed by atoms with Crippen LogP contribution in [0.1, 0.15) is 371 Å². The smallest absolute Gasteiger partial charge is 0.306 e. The lowest BCUT2D eigenvalue weighted by Gasteiger charge is -2.45. The molecule has 0 bridgehead atoms. The van der Waals surface area contributed by atoms with Gasteiger partial charge in [-0.3, -0.25) is 0 Å². The van der Waals surface area contributed by atoms with Gasteiger partial charge in [0.15, 0.2) is 0 Å². The van der Waals surface area contributed by atoms with Crippen molar-refractivity contribution in [3.05, 3.63) is 0 Å². The predicted octanol–water partition coefficient (Wildman–Crippen LogP) is 23.4. The van der Waals surface area contributed by atoms with Crippen molar-refractivity contribution >= 4 is 8.60 Å². The van der Waals surface area contributed by atoms with E-state index in [0.717, 1.165) is 38.5 Å². The van der Waals surface area contributed by atoms with Gasteiger partial charge in [-0.2, -0.15) is 0 Å². The second kappa shape index (κ2) is 47.0. The molecule has 0 spiro atoms. The summed E-state index contributed by atoms with van der Waals surface area (Å²) in [6.07, 6.45) is 62.2. The molecule has 0 heterocycles. The van der Waals surface area contributed by atoms with Gasteiger partial charge >= 0.3 is 8.60 Å². The molecule has 0 N–H and O–H groups in total. The van der Waals surface area contributed by atoms with E-state index in [-0.39, 0.29) is 16.8 Å². The molecule has 0 saturated heterocycles. The summed E-state index contributed by atoms with van der Waals surface area (Å²) in [6.45, 7) is 21.3. The minimum Gasteiger partial charge on any atom is -0.306 e. The van der Waals surface area contributed by atoms with Crippen LogP contribution >= 0.6 is 8.60 Å². The van der Waals surface area contributed by atoms with E-state index in [0.29, 0.717) is 0 Å². The molecule has 0 rings (SSSR count). The van der Waals surface area contributed by atoms with Crippen LogP contribution < -0.4 is 0 Å². The molecule has 0 radical (unpaired) electrons. The first-order valence-corrected chi connectivity index (χ1v) is 31.3. The van der Waals surface area contributed by atoms with E-state index in [1.54, 1.807) is 0 Å². The molecule has 4 heteroatoms. The average molecular weight is 924 g/mol. The van der Waals surface area contributed by atoms with Gasteiger partial charge in [0.2, 0.25) is 0 Å². The van der Waals surface area contributed by atoms with Crippen molar-refractivity contribution in [1.29, 1.82) is 0 Å². The minimum absolute atomic E-state index is 0.156. The Balaban J connectivity index is 6.96. The topological polar surface area (TPSA) is 27.7 Å². The van der Waals surface area contributed by atoms with Crippen LogP contribution in [0.2, 0.25) is 0 Å². The highest BCUT2D eigenvalue weighted by Gasteiger charge is 2.44. The van der Waals surface area contributed by atoms with Gasteiger partial charge in [0.25, 0.3) is 0 Å². The molecule has 0 aromatic heterocycles. The Morgan fingerprint density at radius 2 is 0.328 bits per heavy atom. The second-order valence-electron chi connectivity index (χ2n) is 21.4. The first-order valence-electron chi connectivity index (χ1n) is 30.2. The van der Waals surface area contributed by atoms with Crippen molar-refractivity contribution in [2.24, 2.45) is 0 Å². The molecule has 0 aliphatic carbocycles. The third-order valence-electron chi connectivity index (χ3n) is 14.9. The average Bonchev–Trinajstić information content (AvgIpc) is 3.30. The lowest BCUT2D eigenvalue weighted by Crippen LogP contribution is -2.39. The van der Waals surface area contributed by atoms with Crippen LogP contribution in [-0.2, 0) is 13.6 Å². The summed E-state index contributed by atoms with van der Waals surface area (Å²) in [6, 6.07) is 0. The van der Waals surface area contributed by atoms with Gasteiger partial charge in [0.1, 0.15) is 0 Å². The van der Waals surface area contributed by atoms with Gasteiger partial charge in [0.05, 0.1) is 16.8 Å². The van der Waals surface area contributed by atoms with Crippen LogP contribution in [0.15, 0.2) is 0 Å². The summed E-state index contributed by atoms with van der Waals surface area (Å²) >= 11 is 0. The molecule has 0 amide bonds. The normalized spacial score (nSPS) is 12.7. The lowest BCUT2D eigenvalue weighted by molar-refractivity contribution is -0.0695. The molecule has 3 nitrogen and oxygen atoms in total. The van der Waals surface area contributed by atoms with E-state index in [9.17, 15) is 0 Å². The van der Waals surface area contributed by atoms with Gasteiger partial charge < -0.3 is 13.6 Å². The Morgan fingerprint density at radius 1 is 0.188 bits per heavy atom. The monoisotopic (exact) mass is 923 g/mol. The second-order valence-corrected chi connectivity index (χ2v) is 22.4. The lowest BCUT2D eigenvalue weighted by atomic mass is 9.85. The van der Waals surface area contributed by atoms with Crippen LogP contribution in [-0.4, -0.2) is 16.8 Å². The zero-order valence-electron chi connectivity index (χ0n) is 46.1. The van der Waals surface area contributed by atoms with Crippen LogP contribution in [0.5, 0.6) is 0 Å². The third kappa shape index (κ3) is 35.4. The summed E-state index contributed by atoms with van der Waals surface area (Å²) in [4.78, 5) is 0. The molecule has 0 fully saturated rings. The molecular weight excluding hydrogens is 800 g/mol. The van der Waals surface area contributed by atoms with Crippen LogP contribution in [0.4, 0.5) is 0 Å². The maximum Gasteiger partial charge on any atom is 0.334 e. The Labute approximate surface area is 407 Å². The first-order chi connectivity index (χ1) is 31.3. The summed E-state index contributed by atoms with van der Waals surface area (Å²) < 4.78 is 23.8. The fourth-order valence-electron chi connectivity index (χ4n) is 10.3. The van der Waals surface area contributed by atoms with Crippen LogP contribution in [0.3, 0.4) is 0 Å². The zero-order chi connectivity index (χ0) is 47.1. The maximum absolute atomic E-state index is 7.95. The predicted molar refractivity (Wildman–Crippen MR) is 291 cm³/mol. The van der Waals surface area contributed by atoms with Crippen molar-refractivity contribution < 1.29 is 13.6 Å². The summed E-state index contributed by atoms with van der Waals surface area (Å²) in [7, 11) is -1.53. The molecule has 0 saturated carbocycles. The minimum atomic E-state index is -1.53. The number of unbranched alkanes of at least 4 members (excludes halogenated alkanes) is 30. The summed E-state index contributed by atoms with van der Waals surface area (Å²) in [5.41, 5.74) is -0.468.